The Morgan fingerprint density at radius 1 is 0.950 bits per heavy atom. The van der Waals surface area contributed by atoms with Crippen molar-refractivity contribution in [3.63, 3.8) is 0 Å². The standard InChI is InChI=1S/C32H26BrFN2O3S/c1-20-4-12-25(13-5-20)35-32-36(26-14-6-21(2)7-15-26)31(37)29(40-32)18-23-16-27(33)30(28(17-23)38-3)39-19-22-8-10-24(34)11-9-22/h4-18H,19H2,1-3H3/b29-18-,35-32?. The van der Waals surface area contributed by atoms with E-state index in [1.54, 1.807) is 24.1 Å². The number of carbonyl (C=O) groups excluding carboxylic acids is 1. The van der Waals surface area contributed by atoms with Gasteiger partial charge in [-0.25, -0.2) is 9.38 Å². The predicted molar refractivity (Wildman–Crippen MR) is 164 cm³/mol. The Balaban J connectivity index is 1.46. The first-order valence-electron chi connectivity index (χ1n) is 12.5. The molecule has 0 unspecified atom stereocenters. The molecule has 1 saturated heterocycles. The van der Waals surface area contributed by atoms with Crippen molar-refractivity contribution in [2.75, 3.05) is 12.0 Å². The number of nitrogens with zero attached hydrogens (tertiary/aromatic N) is 2. The van der Waals surface area contributed by atoms with E-state index in [9.17, 15) is 9.18 Å². The summed E-state index contributed by atoms with van der Waals surface area (Å²) in [7, 11) is 1.56. The summed E-state index contributed by atoms with van der Waals surface area (Å²) in [6.07, 6.45) is 1.82. The molecule has 0 saturated carbocycles. The summed E-state index contributed by atoms with van der Waals surface area (Å²) in [4.78, 5) is 20.7. The molecular weight excluding hydrogens is 591 g/mol. The van der Waals surface area contributed by atoms with Crippen LogP contribution in [0.25, 0.3) is 6.08 Å². The molecule has 40 heavy (non-hydrogen) atoms. The van der Waals surface area contributed by atoms with E-state index >= 15 is 0 Å². The minimum absolute atomic E-state index is 0.161. The van der Waals surface area contributed by atoms with Crippen molar-refractivity contribution >= 4 is 56.2 Å². The molecule has 1 aliphatic rings. The normalized spacial score (nSPS) is 15.2. The Morgan fingerprint density at radius 3 is 2.25 bits per heavy atom. The summed E-state index contributed by atoms with van der Waals surface area (Å²) >= 11 is 4.91. The predicted octanol–water partition coefficient (Wildman–Crippen LogP) is 8.60. The average Bonchev–Trinajstić information content (AvgIpc) is 3.24. The fourth-order valence-electron chi connectivity index (χ4n) is 4.05. The summed E-state index contributed by atoms with van der Waals surface area (Å²) in [5, 5.41) is 0.578. The zero-order valence-electron chi connectivity index (χ0n) is 22.2. The van der Waals surface area contributed by atoms with E-state index in [0.717, 1.165) is 33.6 Å². The molecule has 5 rings (SSSR count). The van der Waals surface area contributed by atoms with Crippen LogP contribution < -0.4 is 14.4 Å². The van der Waals surface area contributed by atoms with Crippen molar-refractivity contribution in [2.24, 2.45) is 4.99 Å². The molecule has 1 aliphatic heterocycles. The molecule has 202 valence electrons. The molecule has 0 aromatic heterocycles. The Morgan fingerprint density at radius 2 is 1.60 bits per heavy atom. The van der Waals surface area contributed by atoms with E-state index in [2.05, 4.69) is 15.9 Å². The molecule has 4 aromatic carbocycles. The van der Waals surface area contributed by atoms with E-state index < -0.39 is 0 Å². The maximum atomic E-state index is 13.7. The second kappa shape index (κ2) is 12.1. The molecule has 0 N–H and O–H groups in total. The Kier molecular flexibility index (Phi) is 8.38. The summed E-state index contributed by atoms with van der Waals surface area (Å²) < 4.78 is 25.5. The van der Waals surface area contributed by atoms with Gasteiger partial charge in [-0.15, -0.1) is 0 Å². The number of amides is 1. The molecule has 0 aliphatic carbocycles. The highest BCUT2D eigenvalue weighted by Crippen LogP contribution is 2.41. The van der Waals surface area contributed by atoms with Crippen LogP contribution in [-0.2, 0) is 11.4 Å². The number of hydrogen-bond acceptors (Lipinski definition) is 5. The summed E-state index contributed by atoms with van der Waals surface area (Å²) in [6, 6.07) is 25.5. The third-order valence-electron chi connectivity index (χ3n) is 6.20. The highest BCUT2D eigenvalue weighted by atomic mass is 79.9. The van der Waals surface area contributed by atoms with Gasteiger partial charge in [0.2, 0.25) is 0 Å². The van der Waals surface area contributed by atoms with Gasteiger partial charge in [-0.2, -0.15) is 0 Å². The average molecular weight is 618 g/mol. The fraction of sp³-hybridized carbons (Fsp3) is 0.125. The molecule has 1 amide bonds. The number of ether oxygens (including phenoxy) is 2. The number of amidine groups is 1. The maximum absolute atomic E-state index is 13.7. The molecule has 8 heteroatoms. The van der Waals surface area contributed by atoms with Crippen LogP contribution in [0.1, 0.15) is 22.3 Å². The van der Waals surface area contributed by atoms with Crippen LogP contribution >= 0.6 is 27.7 Å². The number of thioether (sulfide) groups is 1. The van der Waals surface area contributed by atoms with Crippen molar-refractivity contribution in [2.45, 2.75) is 20.5 Å². The minimum atomic E-state index is -0.299. The van der Waals surface area contributed by atoms with E-state index in [1.807, 2.05) is 80.6 Å². The van der Waals surface area contributed by atoms with Crippen LogP contribution in [0.15, 0.2) is 99.3 Å². The number of rotatable bonds is 7. The molecule has 0 radical (unpaired) electrons. The number of methoxy groups -OCH3 is 1. The minimum Gasteiger partial charge on any atom is -0.493 e. The monoisotopic (exact) mass is 616 g/mol. The van der Waals surface area contributed by atoms with E-state index in [1.165, 1.54) is 23.9 Å². The number of aryl methyl sites for hydroxylation is 2. The van der Waals surface area contributed by atoms with Crippen LogP contribution in [0.3, 0.4) is 0 Å². The van der Waals surface area contributed by atoms with Crippen molar-refractivity contribution in [1.82, 2.24) is 0 Å². The number of anilines is 1. The van der Waals surface area contributed by atoms with Gasteiger partial charge >= 0.3 is 0 Å². The summed E-state index contributed by atoms with van der Waals surface area (Å²) in [6.45, 7) is 4.28. The highest BCUT2D eigenvalue weighted by Gasteiger charge is 2.35. The van der Waals surface area contributed by atoms with Crippen molar-refractivity contribution < 1.29 is 18.7 Å². The van der Waals surface area contributed by atoms with Gasteiger partial charge < -0.3 is 9.47 Å². The summed E-state index contributed by atoms with van der Waals surface area (Å²) in [5.74, 6) is 0.559. The van der Waals surface area contributed by atoms with Gasteiger partial charge in [0, 0.05) is 0 Å². The van der Waals surface area contributed by atoms with Crippen LogP contribution in [0.5, 0.6) is 11.5 Å². The Labute approximate surface area is 245 Å². The third-order valence-corrected chi connectivity index (χ3v) is 7.76. The smallest absolute Gasteiger partial charge is 0.271 e. The number of aliphatic imine (C=N–C) groups is 1. The van der Waals surface area contributed by atoms with Crippen LogP contribution in [0, 0.1) is 19.7 Å². The van der Waals surface area contributed by atoms with Crippen LogP contribution in [0.4, 0.5) is 15.8 Å². The number of carbonyl (C=O) groups is 1. The summed E-state index contributed by atoms with van der Waals surface area (Å²) in [5.41, 5.74) is 5.35. The first-order valence-corrected chi connectivity index (χ1v) is 14.1. The maximum Gasteiger partial charge on any atom is 0.271 e. The van der Waals surface area contributed by atoms with Crippen molar-refractivity contribution in [3.8, 4) is 11.5 Å². The van der Waals surface area contributed by atoms with Gasteiger partial charge in [-0.05, 0) is 107 Å². The molecule has 1 fully saturated rings. The Hall–Kier alpha value is -3.88. The van der Waals surface area contributed by atoms with Crippen molar-refractivity contribution in [3.05, 3.63) is 122 Å². The first kappa shape index (κ1) is 27.7. The van der Waals surface area contributed by atoms with Gasteiger partial charge in [0.15, 0.2) is 16.7 Å². The zero-order chi connectivity index (χ0) is 28.2. The molecule has 1 heterocycles. The van der Waals surface area contributed by atoms with Gasteiger partial charge in [-0.1, -0.05) is 47.5 Å². The second-order valence-electron chi connectivity index (χ2n) is 9.27. The first-order chi connectivity index (χ1) is 19.3. The fourth-order valence-corrected chi connectivity index (χ4v) is 5.63. The molecule has 4 aromatic rings. The largest absolute Gasteiger partial charge is 0.493 e. The SMILES string of the molecule is COc1cc(/C=C2\SC(=Nc3ccc(C)cc3)N(c3ccc(C)cc3)C2=O)cc(Br)c1OCc1ccc(F)cc1. The van der Waals surface area contributed by atoms with Gasteiger partial charge in [0.05, 0.1) is 27.9 Å². The van der Waals surface area contributed by atoms with Gasteiger partial charge in [0.1, 0.15) is 12.4 Å². The second-order valence-corrected chi connectivity index (χ2v) is 11.1. The van der Waals surface area contributed by atoms with Crippen molar-refractivity contribution in [1.29, 1.82) is 0 Å². The quantitative estimate of drug-likeness (QED) is 0.195. The lowest BCUT2D eigenvalue weighted by Crippen LogP contribution is -2.28. The number of hydrogen-bond donors (Lipinski definition) is 0. The van der Waals surface area contributed by atoms with E-state index in [4.69, 9.17) is 14.5 Å². The molecule has 5 nitrogen and oxygen atoms in total. The lowest BCUT2D eigenvalue weighted by atomic mass is 10.1. The topological polar surface area (TPSA) is 51.1 Å². The van der Waals surface area contributed by atoms with Crippen LogP contribution in [0.2, 0.25) is 0 Å². The molecule has 0 bridgehead atoms. The lowest BCUT2D eigenvalue weighted by molar-refractivity contribution is -0.113. The number of benzene rings is 4. The number of halogens is 2. The van der Waals surface area contributed by atoms with Crippen LogP contribution in [-0.4, -0.2) is 18.2 Å². The van der Waals surface area contributed by atoms with E-state index in [-0.39, 0.29) is 18.3 Å². The highest BCUT2D eigenvalue weighted by molar-refractivity contribution is 9.10. The third kappa shape index (κ3) is 6.29. The van der Waals surface area contributed by atoms with E-state index in [0.29, 0.717) is 26.0 Å². The Bertz CT molecular complexity index is 1600. The van der Waals surface area contributed by atoms with Gasteiger partial charge in [-0.3, -0.25) is 9.69 Å². The van der Waals surface area contributed by atoms with Gasteiger partial charge in [0.25, 0.3) is 5.91 Å². The molecular formula is C32H26BrFN2O3S. The zero-order valence-corrected chi connectivity index (χ0v) is 24.6. The lowest BCUT2D eigenvalue weighted by Gasteiger charge is -2.16. The molecule has 0 atom stereocenters. The molecule has 0 spiro atoms.